The molecular weight excluding hydrogens is 220 g/mol. The Bertz CT molecular complexity index is 319. The number of aryl methyl sites for hydroxylation is 1. The van der Waals surface area contributed by atoms with Crippen LogP contribution in [0.1, 0.15) is 31.9 Å². The highest BCUT2D eigenvalue weighted by Crippen LogP contribution is 2.08. The van der Waals surface area contributed by atoms with Crippen LogP contribution in [-0.4, -0.2) is 31.6 Å². The minimum absolute atomic E-state index is 0.597. The van der Waals surface area contributed by atoms with E-state index in [-0.39, 0.29) is 0 Å². The van der Waals surface area contributed by atoms with Crippen LogP contribution in [0.25, 0.3) is 0 Å². The Morgan fingerprint density at radius 1 is 1.06 bits per heavy atom. The highest BCUT2D eigenvalue weighted by atomic mass is 15.1. The summed E-state index contributed by atoms with van der Waals surface area (Å²) in [7, 11) is 4.31. The maximum atomic E-state index is 3.56. The molecule has 0 aromatic heterocycles. The summed E-state index contributed by atoms with van der Waals surface area (Å²) < 4.78 is 0. The van der Waals surface area contributed by atoms with Crippen LogP contribution in [0.4, 0.5) is 0 Å². The molecule has 0 fully saturated rings. The number of rotatable bonds is 7. The third-order valence-electron chi connectivity index (χ3n) is 3.55. The second kappa shape index (κ2) is 7.55. The predicted octanol–water partition coefficient (Wildman–Crippen LogP) is 2.92. The largest absolute Gasteiger partial charge is 0.311 e. The summed E-state index contributed by atoms with van der Waals surface area (Å²) in [6.07, 6.45) is 1.11. The third kappa shape index (κ3) is 4.79. The van der Waals surface area contributed by atoms with E-state index in [1.165, 1.54) is 11.1 Å². The molecule has 1 aromatic rings. The molecule has 0 amide bonds. The maximum Gasteiger partial charge on any atom is 0.0237 e. The van der Waals surface area contributed by atoms with E-state index in [1.54, 1.807) is 0 Å². The van der Waals surface area contributed by atoms with Crippen molar-refractivity contribution in [1.29, 1.82) is 0 Å². The average molecular weight is 248 g/mol. The fourth-order valence-corrected chi connectivity index (χ4v) is 2.27. The molecular formula is C16H28N2. The summed E-state index contributed by atoms with van der Waals surface area (Å²) in [5.74, 6) is 0.676. The first-order chi connectivity index (χ1) is 8.54. The Balaban J connectivity index is 2.40. The molecule has 0 aliphatic heterocycles. The maximum absolute atomic E-state index is 3.56. The van der Waals surface area contributed by atoms with Gasteiger partial charge in [0.2, 0.25) is 0 Å². The molecule has 0 bridgehead atoms. The van der Waals surface area contributed by atoms with Crippen molar-refractivity contribution >= 4 is 0 Å². The fourth-order valence-electron chi connectivity index (χ4n) is 2.27. The molecule has 1 aromatic carbocycles. The van der Waals surface area contributed by atoms with E-state index in [0.717, 1.165) is 19.5 Å². The number of nitrogens with one attached hydrogen (secondary N) is 1. The van der Waals surface area contributed by atoms with Crippen molar-refractivity contribution in [3.8, 4) is 0 Å². The fraction of sp³-hybridized carbons (Fsp3) is 0.625. The van der Waals surface area contributed by atoms with Gasteiger partial charge in [-0.1, -0.05) is 45.0 Å². The third-order valence-corrected chi connectivity index (χ3v) is 3.55. The summed E-state index contributed by atoms with van der Waals surface area (Å²) in [4.78, 5) is 2.30. The molecule has 0 saturated carbocycles. The topological polar surface area (TPSA) is 15.3 Å². The summed E-state index contributed by atoms with van der Waals surface area (Å²) in [6, 6.07) is 9.50. The van der Waals surface area contributed by atoms with Crippen LogP contribution in [-0.2, 0) is 13.0 Å². The molecule has 0 aliphatic rings. The van der Waals surface area contributed by atoms with Crippen LogP contribution in [0.15, 0.2) is 24.3 Å². The molecule has 0 aliphatic carbocycles. The standard InChI is InChI=1S/C16H28N2/c1-6-14-7-9-15(10-8-14)11-17-12-16(13(2)3)18(4)5/h7-10,13,16-17H,6,11-12H2,1-5H3. The van der Waals surface area contributed by atoms with Crippen LogP contribution in [0.2, 0.25) is 0 Å². The zero-order valence-corrected chi connectivity index (χ0v) is 12.5. The number of hydrogen-bond acceptors (Lipinski definition) is 2. The molecule has 1 unspecified atom stereocenters. The van der Waals surface area contributed by atoms with E-state index >= 15 is 0 Å². The van der Waals surface area contributed by atoms with Crippen molar-refractivity contribution in [1.82, 2.24) is 10.2 Å². The van der Waals surface area contributed by atoms with Gasteiger partial charge in [-0.15, -0.1) is 0 Å². The van der Waals surface area contributed by atoms with Gasteiger partial charge in [-0.3, -0.25) is 0 Å². The van der Waals surface area contributed by atoms with Gasteiger partial charge in [0.25, 0.3) is 0 Å². The smallest absolute Gasteiger partial charge is 0.0237 e. The quantitative estimate of drug-likeness (QED) is 0.798. The normalized spacial score (nSPS) is 13.3. The number of nitrogens with zero attached hydrogens (tertiary/aromatic N) is 1. The molecule has 1 N–H and O–H groups in total. The zero-order chi connectivity index (χ0) is 13.5. The molecule has 0 saturated heterocycles. The van der Waals surface area contributed by atoms with Crippen LogP contribution < -0.4 is 5.32 Å². The van der Waals surface area contributed by atoms with Gasteiger partial charge in [0, 0.05) is 19.1 Å². The number of likely N-dealkylation sites (N-methyl/N-ethyl adjacent to an activating group) is 1. The van der Waals surface area contributed by atoms with Crippen molar-refractivity contribution in [2.45, 2.75) is 39.8 Å². The summed E-state index contributed by atoms with van der Waals surface area (Å²) in [5.41, 5.74) is 2.78. The van der Waals surface area contributed by atoms with Crippen LogP contribution in [0.3, 0.4) is 0 Å². The Morgan fingerprint density at radius 3 is 2.06 bits per heavy atom. The van der Waals surface area contributed by atoms with E-state index in [4.69, 9.17) is 0 Å². The van der Waals surface area contributed by atoms with Gasteiger partial charge in [-0.2, -0.15) is 0 Å². The molecule has 1 rings (SSSR count). The highest BCUT2D eigenvalue weighted by Gasteiger charge is 2.14. The van der Waals surface area contributed by atoms with Gasteiger partial charge in [0.05, 0.1) is 0 Å². The lowest BCUT2D eigenvalue weighted by atomic mass is 10.0. The van der Waals surface area contributed by atoms with Gasteiger partial charge in [-0.25, -0.2) is 0 Å². The molecule has 0 spiro atoms. The van der Waals surface area contributed by atoms with Crippen LogP contribution in [0.5, 0.6) is 0 Å². The van der Waals surface area contributed by atoms with E-state index in [2.05, 4.69) is 69.3 Å². The minimum atomic E-state index is 0.597. The van der Waals surface area contributed by atoms with Crippen LogP contribution >= 0.6 is 0 Å². The highest BCUT2D eigenvalue weighted by molar-refractivity contribution is 5.22. The average Bonchev–Trinajstić information content (AvgIpc) is 2.34. The Kier molecular flexibility index (Phi) is 6.37. The van der Waals surface area contributed by atoms with E-state index < -0.39 is 0 Å². The van der Waals surface area contributed by atoms with Crippen molar-refractivity contribution < 1.29 is 0 Å². The zero-order valence-electron chi connectivity index (χ0n) is 12.5. The summed E-state index contributed by atoms with van der Waals surface area (Å²) >= 11 is 0. The van der Waals surface area contributed by atoms with Crippen molar-refractivity contribution in [3.63, 3.8) is 0 Å². The first-order valence-electron chi connectivity index (χ1n) is 6.99. The van der Waals surface area contributed by atoms with Gasteiger partial charge in [0.1, 0.15) is 0 Å². The van der Waals surface area contributed by atoms with Gasteiger partial charge in [0.15, 0.2) is 0 Å². The first-order valence-corrected chi connectivity index (χ1v) is 6.99. The number of benzene rings is 1. The molecule has 0 heterocycles. The molecule has 0 radical (unpaired) electrons. The predicted molar refractivity (Wildman–Crippen MR) is 79.8 cm³/mol. The lowest BCUT2D eigenvalue weighted by Crippen LogP contribution is -2.41. The Labute approximate surface area is 112 Å². The monoisotopic (exact) mass is 248 g/mol. The second-order valence-electron chi connectivity index (χ2n) is 5.58. The van der Waals surface area contributed by atoms with Gasteiger partial charge in [-0.05, 0) is 37.6 Å². The molecule has 2 heteroatoms. The molecule has 1 atom stereocenters. The molecule has 102 valence electrons. The van der Waals surface area contributed by atoms with Gasteiger partial charge < -0.3 is 10.2 Å². The number of hydrogen-bond donors (Lipinski definition) is 1. The van der Waals surface area contributed by atoms with E-state index in [9.17, 15) is 0 Å². The Hall–Kier alpha value is -0.860. The second-order valence-corrected chi connectivity index (χ2v) is 5.58. The van der Waals surface area contributed by atoms with E-state index in [0.29, 0.717) is 12.0 Å². The minimum Gasteiger partial charge on any atom is -0.311 e. The van der Waals surface area contributed by atoms with Gasteiger partial charge >= 0.3 is 0 Å². The lowest BCUT2D eigenvalue weighted by Gasteiger charge is -2.28. The lowest BCUT2D eigenvalue weighted by molar-refractivity contribution is 0.224. The Morgan fingerprint density at radius 2 is 1.61 bits per heavy atom. The SMILES string of the molecule is CCc1ccc(CNCC(C(C)C)N(C)C)cc1. The van der Waals surface area contributed by atoms with E-state index in [1.807, 2.05) is 0 Å². The van der Waals surface area contributed by atoms with Crippen molar-refractivity contribution in [2.75, 3.05) is 20.6 Å². The van der Waals surface area contributed by atoms with Crippen molar-refractivity contribution in [3.05, 3.63) is 35.4 Å². The molecule has 2 nitrogen and oxygen atoms in total. The summed E-state index contributed by atoms with van der Waals surface area (Å²) in [6.45, 7) is 8.75. The summed E-state index contributed by atoms with van der Waals surface area (Å²) in [5, 5.41) is 3.56. The van der Waals surface area contributed by atoms with Crippen LogP contribution in [0, 0.1) is 5.92 Å². The first kappa shape index (κ1) is 15.2. The van der Waals surface area contributed by atoms with Crippen molar-refractivity contribution in [2.24, 2.45) is 5.92 Å². The molecule has 18 heavy (non-hydrogen) atoms.